The average Bonchev–Trinajstić information content (AvgIpc) is 2.74. The van der Waals surface area contributed by atoms with Crippen LogP contribution in [0.15, 0.2) is 6.33 Å². The molecule has 60 valence electrons. The van der Waals surface area contributed by atoms with Crippen LogP contribution in [0.3, 0.4) is 0 Å². The van der Waals surface area contributed by atoms with Gasteiger partial charge in [-0.3, -0.25) is 0 Å². The molecule has 0 amide bonds. The zero-order chi connectivity index (χ0) is 7.84. The SMILES string of the molecule is Ic1ncn(CC2CC2)c1I. The Kier molecular flexibility index (Phi) is 2.40. The van der Waals surface area contributed by atoms with E-state index in [-0.39, 0.29) is 0 Å². The Balaban J connectivity index is 2.15. The van der Waals surface area contributed by atoms with Gasteiger partial charge in [-0.1, -0.05) is 0 Å². The van der Waals surface area contributed by atoms with Gasteiger partial charge in [-0.15, -0.1) is 0 Å². The summed E-state index contributed by atoms with van der Waals surface area (Å²) in [5.41, 5.74) is 0. The van der Waals surface area contributed by atoms with Gasteiger partial charge < -0.3 is 4.57 Å². The van der Waals surface area contributed by atoms with Crippen molar-refractivity contribution >= 4 is 45.2 Å². The van der Waals surface area contributed by atoms with Crippen molar-refractivity contribution in [1.29, 1.82) is 0 Å². The van der Waals surface area contributed by atoms with Crippen molar-refractivity contribution in [2.75, 3.05) is 0 Å². The lowest BCUT2D eigenvalue weighted by atomic mass is 10.4. The lowest BCUT2D eigenvalue weighted by Crippen LogP contribution is -2.00. The number of rotatable bonds is 2. The highest BCUT2D eigenvalue weighted by Crippen LogP contribution is 2.31. The minimum atomic E-state index is 0.938. The summed E-state index contributed by atoms with van der Waals surface area (Å²) < 4.78 is 4.67. The Labute approximate surface area is 93.0 Å². The summed E-state index contributed by atoms with van der Waals surface area (Å²) in [6, 6.07) is 0. The second-order valence-corrected chi connectivity index (χ2v) is 4.97. The number of hydrogen-bond acceptors (Lipinski definition) is 1. The molecule has 1 fully saturated rings. The van der Waals surface area contributed by atoms with E-state index in [1.54, 1.807) is 0 Å². The molecule has 4 heteroatoms. The van der Waals surface area contributed by atoms with E-state index in [9.17, 15) is 0 Å². The highest BCUT2D eigenvalue weighted by Gasteiger charge is 2.22. The van der Waals surface area contributed by atoms with Gasteiger partial charge in [-0.05, 0) is 63.9 Å². The topological polar surface area (TPSA) is 17.8 Å². The van der Waals surface area contributed by atoms with Crippen LogP contribution in [-0.4, -0.2) is 9.55 Å². The van der Waals surface area contributed by atoms with E-state index in [4.69, 9.17) is 0 Å². The van der Waals surface area contributed by atoms with Gasteiger partial charge in [0.05, 0.1) is 6.33 Å². The Morgan fingerprint density at radius 1 is 1.55 bits per heavy atom. The number of aromatic nitrogens is 2. The molecule has 0 unspecified atom stereocenters. The smallest absolute Gasteiger partial charge is 0.132 e. The van der Waals surface area contributed by atoms with Gasteiger partial charge in [0.25, 0.3) is 0 Å². The van der Waals surface area contributed by atoms with Gasteiger partial charge in [-0.2, -0.15) is 0 Å². The van der Waals surface area contributed by atoms with Crippen LogP contribution in [0, 0.1) is 13.3 Å². The molecule has 2 nitrogen and oxygen atoms in total. The summed E-state index contributed by atoms with van der Waals surface area (Å²) in [5.74, 6) is 0.938. The Hall–Kier alpha value is 0.670. The summed E-state index contributed by atoms with van der Waals surface area (Å²) in [7, 11) is 0. The summed E-state index contributed by atoms with van der Waals surface area (Å²) >= 11 is 4.63. The summed E-state index contributed by atoms with van der Waals surface area (Å²) in [5, 5.41) is 0. The number of nitrogens with zero attached hydrogens (tertiary/aromatic N) is 2. The minimum absolute atomic E-state index is 0.938. The minimum Gasteiger partial charge on any atom is -0.325 e. The van der Waals surface area contributed by atoms with Crippen LogP contribution in [0.1, 0.15) is 12.8 Å². The number of imidazole rings is 1. The molecule has 11 heavy (non-hydrogen) atoms. The van der Waals surface area contributed by atoms with Crippen molar-refractivity contribution in [3.05, 3.63) is 13.7 Å². The highest BCUT2D eigenvalue weighted by atomic mass is 127. The molecule has 1 aromatic rings. The van der Waals surface area contributed by atoms with Crippen LogP contribution < -0.4 is 0 Å². The lowest BCUT2D eigenvalue weighted by Gasteiger charge is -2.00. The van der Waals surface area contributed by atoms with Crippen LogP contribution >= 0.6 is 45.2 Å². The highest BCUT2D eigenvalue weighted by molar-refractivity contribution is 14.1. The molecular formula is C7H8I2N2. The van der Waals surface area contributed by atoms with Crippen LogP contribution in [0.25, 0.3) is 0 Å². The zero-order valence-corrected chi connectivity index (χ0v) is 10.2. The average molecular weight is 374 g/mol. The van der Waals surface area contributed by atoms with E-state index in [1.165, 1.54) is 23.1 Å². The first kappa shape index (κ1) is 8.28. The molecule has 0 aromatic carbocycles. The van der Waals surface area contributed by atoms with E-state index < -0.39 is 0 Å². The molecule has 2 rings (SSSR count). The van der Waals surface area contributed by atoms with Gasteiger partial charge in [-0.25, -0.2) is 4.98 Å². The number of hydrogen-bond donors (Lipinski definition) is 0. The summed E-state index contributed by atoms with van der Waals surface area (Å²) in [6.07, 6.45) is 4.76. The maximum Gasteiger partial charge on any atom is 0.132 e. The van der Waals surface area contributed by atoms with Crippen LogP contribution in [-0.2, 0) is 6.54 Å². The van der Waals surface area contributed by atoms with E-state index in [1.807, 2.05) is 6.33 Å². The third-order valence-corrected chi connectivity index (χ3v) is 4.84. The fraction of sp³-hybridized carbons (Fsp3) is 0.571. The van der Waals surface area contributed by atoms with E-state index in [0.29, 0.717) is 0 Å². The molecule has 1 saturated carbocycles. The molecular weight excluding hydrogens is 366 g/mol. The van der Waals surface area contributed by atoms with Crippen molar-refractivity contribution < 1.29 is 0 Å². The molecule has 0 bridgehead atoms. The monoisotopic (exact) mass is 374 g/mol. The molecule has 1 aliphatic rings. The molecule has 0 atom stereocenters. The van der Waals surface area contributed by atoms with E-state index in [2.05, 4.69) is 54.7 Å². The maximum atomic E-state index is 4.24. The summed E-state index contributed by atoms with van der Waals surface area (Å²) in [6.45, 7) is 1.17. The van der Waals surface area contributed by atoms with Gasteiger partial charge in [0.2, 0.25) is 0 Å². The summed E-state index contributed by atoms with van der Waals surface area (Å²) in [4.78, 5) is 4.24. The van der Waals surface area contributed by atoms with E-state index >= 15 is 0 Å². The fourth-order valence-electron chi connectivity index (χ4n) is 1.05. The predicted octanol–water partition coefficient (Wildman–Crippen LogP) is 2.50. The first-order valence-electron chi connectivity index (χ1n) is 3.63. The maximum absolute atomic E-state index is 4.24. The second kappa shape index (κ2) is 3.20. The standard InChI is InChI=1S/C7H8I2N2/c8-6-7(9)11(4-10-6)3-5-1-2-5/h4-5H,1-3H2. The zero-order valence-electron chi connectivity index (χ0n) is 5.93. The van der Waals surface area contributed by atoms with Crippen molar-refractivity contribution in [2.24, 2.45) is 5.92 Å². The fourth-order valence-corrected chi connectivity index (χ4v) is 1.94. The third kappa shape index (κ3) is 1.88. The van der Waals surface area contributed by atoms with Crippen LogP contribution in [0.2, 0.25) is 0 Å². The van der Waals surface area contributed by atoms with Gasteiger partial charge in [0.1, 0.15) is 7.40 Å². The van der Waals surface area contributed by atoms with Gasteiger partial charge >= 0.3 is 0 Å². The first-order chi connectivity index (χ1) is 5.27. The Morgan fingerprint density at radius 3 is 2.73 bits per heavy atom. The molecule has 1 aromatic heterocycles. The largest absolute Gasteiger partial charge is 0.325 e. The molecule has 0 aliphatic heterocycles. The Morgan fingerprint density at radius 2 is 2.27 bits per heavy atom. The van der Waals surface area contributed by atoms with Crippen LogP contribution in [0.4, 0.5) is 0 Å². The third-order valence-electron chi connectivity index (χ3n) is 1.88. The predicted molar refractivity (Wildman–Crippen MR) is 60.4 cm³/mol. The molecule has 1 aliphatic carbocycles. The van der Waals surface area contributed by atoms with E-state index in [0.717, 1.165) is 9.62 Å². The Bertz CT molecular complexity index is 265. The number of halogens is 2. The van der Waals surface area contributed by atoms with Crippen molar-refractivity contribution in [2.45, 2.75) is 19.4 Å². The molecule has 0 saturated heterocycles. The molecule has 0 N–H and O–H groups in total. The van der Waals surface area contributed by atoms with Crippen LogP contribution in [0.5, 0.6) is 0 Å². The quantitative estimate of drug-likeness (QED) is 0.728. The second-order valence-electron chi connectivity index (χ2n) is 2.92. The molecule has 1 heterocycles. The normalized spacial score (nSPS) is 17.3. The van der Waals surface area contributed by atoms with Gasteiger partial charge in [0.15, 0.2) is 0 Å². The molecule has 0 spiro atoms. The van der Waals surface area contributed by atoms with Crippen molar-refractivity contribution in [3.8, 4) is 0 Å². The van der Waals surface area contributed by atoms with Gasteiger partial charge in [0, 0.05) is 6.54 Å². The lowest BCUT2D eigenvalue weighted by molar-refractivity contribution is 0.615. The molecule has 0 radical (unpaired) electrons. The van der Waals surface area contributed by atoms with Crippen molar-refractivity contribution in [1.82, 2.24) is 9.55 Å². The first-order valence-corrected chi connectivity index (χ1v) is 5.79. The van der Waals surface area contributed by atoms with Crippen molar-refractivity contribution in [3.63, 3.8) is 0 Å².